The molecule has 0 aliphatic heterocycles. The van der Waals surface area contributed by atoms with Gasteiger partial charge in [-0.25, -0.2) is 4.68 Å². The van der Waals surface area contributed by atoms with Gasteiger partial charge in [0.15, 0.2) is 0 Å². The molecule has 0 amide bonds. The zero-order valence-corrected chi connectivity index (χ0v) is 11.7. The second-order valence-electron chi connectivity index (χ2n) is 4.89. The van der Waals surface area contributed by atoms with Crippen LogP contribution in [0, 0.1) is 0 Å². The molecule has 2 aromatic heterocycles. The molecule has 6 nitrogen and oxygen atoms in total. The van der Waals surface area contributed by atoms with E-state index >= 15 is 0 Å². The van der Waals surface area contributed by atoms with E-state index in [1.807, 2.05) is 40.7 Å². The van der Waals surface area contributed by atoms with Crippen LogP contribution in [0.3, 0.4) is 0 Å². The summed E-state index contributed by atoms with van der Waals surface area (Å²) in [5.41, 5.74) is 9.23. The number of para-hydroxylation sites is 1. The van der Waals surface area contributed by atoms with E-state index < -0.39 is 0 Å². The highest BCUT2D eigenvalue weighted by molar-refractivity contribution is 5.82. The molecule has 20 heavy (non-hydrogen) atoms. The van der Waals surface area contributed by atoms with Gasteiger partial charge in [-0.1, -0.05) is 30.3 Å². The van der Waals surface area contributed by atoms with Crippen molar-refractivity contribution in [2.24, 2.45) is 12.8 Å². The summed E-state index contributed by atoms with van der Waals surface area (Å²) < 4.78 is 3.71. The van der Waals surface area contributed by atoms with Gasteiger partial charge in [-0.05, 0) is 12.5 Å². The maximum atomic E-state index is 6.39. The molecule has 0 fully saturated rings. The number of benzene rings is 1. The van der Waals surface area contributed by atoms with Crippen LogP contribution in [0.4, 0.5) is 0 Å². The van der Waals surface area contributed by atoms with Gasteiger partial charge in [0, 0.05) is 19.0 Å². The summed E-state index contributed by atoms with van der Waals surface area (Å²) in [4.78, 5) is 0. The molecule has 0 saturated heterocycles. The molecule has 3 aromatic rings. The van der Waals surface area contributed by atoms with Crippen molar-refractivity contribution in [2.45, 2.75) is 25.9 Å². The fraction of sp³-hybridized carbons (Fsp3) is 0.357. The number of nitrogens with zero attached hydrogens (tertiary/aromatic N) is 5. The van der Waals surface area contributed by atoms with E-state index in [2.05, 4.69) is 22.3 Å². The van der Waals surface area contributed by atoms with E-state index in [0.717, 1.165) is 35.3 Å². The first kappa shape index (κ1) is 12.8. The first-order valence-corrected chi connectivity index (χ1v) is 6.78. The lowest BCUT2D eigenvalue weighted by molar-refractivity contribution is 0.540. The van der Waals surface area contributed by atoms with Gasteiger partial charge >= 0.3 is 0 Å². The van der Waals surface area contributed by atoms with Crippen LogP contribution < -0.4 is 5.73 Å². The maximum absolute atomic E-state index is 6.39. The van der Waals surface area contributed by atoms with Crippen molar-refractivity contribution in [1.29, 1.82) is 0 Å². The SMILES string of the molecule is CCCn1nncc1C(N)c1nn(C)c2ccccc12. The van der Waals surface area contributed by atoms with E-state index in [9.17, 15) is 0 Å². The van der Waals surface area contributed by atoms with Crippen molar-refractivity contribution in [3.63, 3.8) is 0 Å². The Morgan fingerprint density at radius 3 is 2.90 bits per heavy atom. The van der Waals surface area contributed by atoms with Crippen LogP contribution in [-0.4, -0.2) is 24.8 Å². The maximum Gasteiger partial charge on any atom is 0.0938 e. The molecule has 0 bridgehead atoms. The fourth-order valence-electron chi connectivity index (χ4n) is 2.50. The standard InChI is InChI=1S/C14H18N6/c1-3-8-20-12(9-16-18-20)13(15)14-10-6-4-5-7-11(10)19(2)17-14/h4-7,9,13H,3,8,15H2,1-2H3. The van der Waals surface area contributed by atoms with Gasteiger partial charge in [-0.15, -0.1) is 5.10 Å². The molecular weight excluding hydrogens is 252 g/mol. The minimum atomic E-state index is -0.317. The van der Waals surface area contributed by atoms with Crippen LogP contribution in [0.5, 0.6) is 0 Å². The van der Waals surface area contributed by atoms with Crippen LogP contribution in [0.1, 0.15) is 30.8 Å². The first-order valence-electron chi connectivity index (χ1n) is 6.78. The number of aryl methyl sites for hydroxylation is 2. The molecule has 3 rings (SSSR count). The third kappa shape index (κ3) is 1.98. The van der Waals surface area contributed by atoms with Gasteiger partial charge < -0.3 is 5.73 Å². The van der Waals surface area contributed by atoms with Gasteiger partial charge in [0.2, 0.25) is 0 Å². The van der Waals surface area contributed by atoms with Crippen molar-refractivity contribution in [1.82, 2.24) is 24.8 Å². The monoisotopic (exact) mass is 270 g/mol. The lowest BCUT2D eigenvalue weighted by Crippen LogP contribution is -2.18. The Kier molecular flexibility index (Phi) is 3.23. The number of rotatable bonds is 4. The molecule has 6 heteroatoms. The summed E-state index contributed by atoms with van der Waals surface area (Å²) in [6.45, 7) is 2.92. The zero-order chi connectivity index (χ0) is 14.1. The van der Waals surface area contributed by atoms with E-state index in [4.69, 9.17) is 5.73 Å². The Labute approximate surface area is 117 Å². The Bertz CT molecular complexity index is 726. The predicted molar refractivity (Wildman–Crippen MR) is 77.1 cm³/mol. The molecule has 0 radical (unpaired) electrons. The molecule has 2 heterocycles. The molecule has 0 saturated carbocycles. The summed E-state index contributed by atoms with van der Waals surface area (Å²) in [6, 6.07) is 7.78. The third-order valence-electron chi connectivity index (χ3n) is 3.48. The second-order valence-corrected chi connectivity index (χ2v) is 4.89. The molecule has 0 aliphatic carbocycles. The predicted octanol–water partition coefficient (Wildman–Crippen LogP) is 1.62. The van der Waals surface area contributed by atoms with E-state index in [1.165, 1.54) is 0 Å². The largest absolute Gasteiger partial charge is 0.318 e. The molecule has 1 unspecified atom stereocenters. The normalized spacial score (nSPS) is 12.9. The lowest BCUT2D eigenvalue weighted by Gasteiger charge is -2.11. The topological polar surface area (TPSA) is 74.6 Å². The first-order chi connectivity index (χ1) is 9.72. The van der Waals surface area contributed by atoms with E-state index in [-0.39, 0.29) is 6.04 Å². The average molecular weight is 270 g/mol. The Hall–Kier alpha value is -2.21. The molecule has 0 aliphatic rings. The smallest absolute Gasteiger partial charge is 0.0938 e. The minimum absolute atomic E-state index is 0.317. The van der Waals surface area contributed by atoms with Crippen molar-refractivity contribution in [3.8, 4) is 0 Å². The molecule has 2 N–H and O–H groups in total. The van der Waals surface area contributed by atoms with Crippen molar-refractivity contribution in [2.75, 3.05) is 0 Å². The summed E-state index contributed by atoms with van der Waals surface area (Å²) in [6.07, 6.45) is 2.72. The zero-order valence-electron chi connectivity index (χ0n) is 11.7. The lowest BCUT2D eigenvalue weighted by atomic mass is 10.1. The average Bonchev–Trinajstić information content (AvgIpc) is 3.04. The fourth-order valence-corrected chi connectivity index (χ4v) is 2.50. The molecule has 0 spiro atoms. The van der Waals surface area contributed by atoms with E-state index in [1.54, 1.807) is 6.20 Å². The summed E-state index contributed by atoms with van der Waals surface area (Å²) in [5, 5.41) is 13.7. The number of nitrogens with two attached hydrogens (primary N) is 1. The van der Waals surface area contributed by atoms with Crippen LogP contribution in [0.15, 0.2) is 30.5 Å². The minimum Gasteiger partial charge on any atom is -0.318 e. The quantitative estimate of drug-likeness (QED) is 0.781. The highest BCUT2D eigenvalue weighted by Gasteiger charge is 2.20. The van der Waals surface area contributed by atoms with E-state index in [0.29, 0.717) is 0 Å². The number of hydrogen-bond donors (Lipinski definition) is 1. The van der Waals surface area contributed by atoms with Crippen molar-refractivity contribution >= 4 is 10.9 Å². The van der Waals surface area contributed by atoms with Crippen molar-refractivity contribution in [3.05, 3.63) is 41.9 Å². The molecule has 1 aromatic carbocycles. The van der Waals surface area contributed by atoms with Gasteiger partial charge in [0.25, 0.3) is 0 Å². The Morgan fingerprint density at radius 1 is 1.30 bits per heavy atom. The van der Waals surface area contributed by atoms with Gasteiger partial charge in [-0.2, -0.15) is 5.10 Å². The van der Waals surface area contributed by atoms with Gasteiger partial charge in [-0.3, -0.25) is 4.68 Å². The highest BCUT2D eigenvalue weighted by Crippen LogP contribution is 2.25. The molecule has 104 valence electrons. The number of aromatic nitrogens is 5. The van der Waals surface area contributed by atoms with Crippen molar-refractivity contribution < 1.29 is 0 Å². The Balaban J connectivity index is 2.08. The van der Waals surface area contributed by atoms with Crippen LogP contribution in [0.25, 0.3) is 10.9 Å². The second kappa shape index (κ2) is 5.05. The van der Waals surface area contributed by atoms with Gasteiger partial charge in [0.05, 0.1) is 29.1 Å². The Morgan fingerprint density at radius 2 is 2.10 bits per heavy atom. The number of hydrogen-bond acceptors (Lipinski definition) is 4. The summed E-state index contributed by atoms with van der Waals surface area (Å²) >= 11 is 0. The molecular formula is C14H18N6. The summed E-state index contributed by atoms with van der Waals surface area (Å²) in [7, 11) is 1.93. The summed E-state index contributed by atoms with van der Waals surface area (Å²) in [5.74, 6) is 0. The third-order valence-corrected chi connectivity index (χ3v) is 3.48. The van der Waals surface area contributed by atoms with Crippen LogP contribution >= 0.6 is 0 Å². The highest BCUT2D eigenvalue weighted by atomic mass is 15.4. The number of fused-ring (bicyclic) bond motifs is 1. The van der Waals surface area contributed by atoms with Crippen LogP contribution in [-0.2, 0) is 13.6 Å². The molecule has 1 atom stereocenters. The van der Waals surface area contributed by atoms with Gasteiger partial charge in [0.1, 0.15) is 0 Å². The van der Waals surface area contributed by atoms with Crippen LogP contribution in [0.2, 0.25) is 0 Å².